The quantitative estimate of drug-likeness (QED) is 0.851. The van der Waals surface area contributed by atoms with Crippen molar-refractivity contribution in [3.05, 3.63) is 53.2 Å². The summed E-state index contributed by atoms with van der Waals surface area (Å²) in [7, 11) is 0. The number of carbonyl (C=O) groups is 1. The van der Waals surface area contributed by atoms with E-state index in [0.717, 1.165) is 0 Å². The van der Waals surface area contributed by atoms with E-state index >= 15 is 0 Å². The van der Waals surface area contributed by atoms with E-state index in [2.05, 4.69) is 20.3 Å². The summed E-state index contributed by atoms with van der Waals surface area (Å²) in [6.45, 7) is 1.76. The highest BCUT2D eigenvalue weighted by molar-refractivity contribution is 6.02. The fraction of sp³-hybridized carbons (Fsp3) is 0.278. The van der Waals surface area contributed by atoms with Crippen LogP contribution in [0.3, 0.4) is 0 Å². The number of carbonyl (C=O) groups excluding carboxylic acids is 1. The molecule has 27 heavy (non-hydrogen) atoms. The summed E-state index contributed by atoms with van der Waals surface area (Å²) in [5, 5.41) is 11.4. The molecule has 3 N–H and O–H groups in total. The highest BCUT2D eigenvalue weighted by Gasteiger charge is 2.58. The number of hydrogen-bond donors (Lipinski definition) is 2. The third-order valence-corrected chi connectivity index (χ3v) is 4.76. The maximum absolute atomic E-state index is 14.5. The Bertz CT molecular complexity index is 1000. The van der Waals surface area contributed by atoms with Crippen LogP contribution in [0.1, 0.15) is 35.1 Å². The number of aromatic nitrogens is 2. The number of pyridine rings is 2. The number of halogens is 1. The number of nitrogens with one attached hydrogen (secondary N) is 1. The van der Waals surface area contributed by atoms with Crippen LogP contribution in [-0.4, -0.2) is 28.0 Å². The van der Waals surface area contributed by atoms with Crippen LogP contribution in [0.2, 0.25) is 0 Å². The molecule has 136 valence electrons. The van der Waals surface area contributed by atoms with E-state index in [-0.39, 0.29) is 35.2 Å². The molecule has 2 unspecified atom stereocenters. The Morgan fingerprint density at radius 3 is 2.96 bits per heavy atom. The van der Waals surface area contributed by atoms with E-state index in [1.54, 1.807) is 6.92 Å². The van der Waals surface area contributed by atoms with E-state index in [9.17, 15) is 9.18 Å². The van der Waals surface area contributed by atoms with Crippen LogP contribution in [0.4, 0.5) is 10.2 Å². The van der Waals surface area contributed by atoms with E-state index in [1.165, 1.54) is 30.5 Å². The van der Waals surface area contributed by atoms with Gasteiger partial charge in [0.2, 0.25) is 0 Å². The molecular formula is C18H15FN6O2. The van der Waals surface area contributed by atoms with Crippen LogP contribution in [0.5, 0.6) is 0 Å². The Morgan fingerprint density at radius 2 is 2.26 bits per heavy atom. The molecule has 0 aromatic carbocycles. The van der Waals surface area contributed by atoms with Crippen LogP contribution in [0.15, 0.2) is 35.5 Å². The van der Waals surface area contributed by atoms with Crippen molar-refractivity contribution in [1.29, 1.82) is 5.26 Å². The molecule has 0 bridgehead atoms. The molecule has 3 heterocycles. The Morgan fingerprint density at radius 1 is 1.44 bits per heavy atom. The first-order valence-electron chi connectivity index (χ1n) is 8.27. The summed E-state index contributed by atoms with van der Waals surface area (Å²) in [6, 6.07) is 7.44. The number of aliphatic imine (C=N–C) groups is 1. The molecule has 3 atom stereocenters. The monoisotopic (exact) mass is 366 g/mol. The number of anilines is 1. The summed E-state index contributed by atoms with van der Waals surface area (Å²) in [5.74, 6) is -0.899. The lowest BCUT2D eigenvalue weighted by molar-refractivity contribution is 0.102. The van der Waals surface area contributed by atoms with Gasteiger partial charge in [0, 0.05) is 12.1 Å². The average molecular weight is 366 g/mol. The second-order valence-electron chi connectivity index (χ2n) is 6.62. The summed E-state index contributed by atoms with van der Waals surface area (Å²) in [4.78, 5) is 24.8. The van der Waals surface area contributed by atoms with Gasteiger partial charge in [0.15, 0.2) is 0 Å². The first kappa shape index (κ1) is 16.9. The van der Waals surface area contributed by atoms with Gasteiger partial charge in [-0.1, -0.05) is 0 Å². The minimum atomic E-state index is -0.954. The van der Waals surface area contributed by atoms with E-state index in [0.29, 0.717) is 12.0 Å². The lowest BCUT2D eigenvalue weighted by atomic mass is 9.90. The van der Waals surface area contributed by atoms with Crippen molar-refractivity contribution in [3.8, 4) is 6.07 Å². The van der Waals surface area contributed by atoms with Gasteiger partial charge in [0.05, 0.1) is 5.56 Å². The van der Waals surface area contributed by atoms with Crippen LogP contribution < -0.4 is 11.1 Å². The van der Waals surface area contributed by atoms with Gasteiger partial charge >= 0.3 is 0 Å². The van der Waals surface area contributed by atoms with Gasteiger partial charge in [-0.25, -0.2) is 19.4 Å². The maximum Gasteiger partial charge on any atom is 0.283 e. The molecule has 9 heteroatoms. The number of hydrogen-bond acceptors (Lipinski definition) is 7. The molecular weight excluding hydrogens is 351 g/mol. The number of ether oxygens (including phenoxy) is 1. The molecule has 4 rings (SSSR count). The molecule has 2 aliphatic rings. The van der Waals surface area contributed by atoms with Crippen LogP contribution in [0.25, 0.3) is 0 Å². The predicted molar refractivity (Wildman–Crippen MR) is 93.1 cm³/mol. The molecule has 0 radical (unpaired) electrons. The lowest BCUT2D eigenvalue weighted by Gasteiger charge is -2.29. The normalized spacial score (nSPS) is 25.4. The SMILES string of the molecule is CC1(c2nc(NC(=O)c3ccc(C#N)cn3)ccc2F)N=C(N)OC2C[C@H]21. The lowest BCUT2D eigenvalue weighted by Crippen LogP contribution is -2.36. The van der Waals surface area contributed by atoms with Gasteiger partial charge in [-0.15, -0.1) is 0 Å². The van der Waals surface area contributed by atoms with E-state index < -0.39 is 17.3 Å². The number of nitriles is 1. The van der Waals surface area contributed by atoms with Crippen LogP contribution in [0, 0.1) is 23.1 Å². The van der Waals surface area contributed by atoms with Crippen molar-refractivity contribution in [2.24, 2.45) is 16.6 Å². The van der Waals surface area contributed by atoms with Gasteiger partial charge in [-0.2, -0.15) is 5.26 Å². The fourth-order valence-corrected chi connectivity index (χ4v) is 3.26. The third-order valence-electron chi connectivity index (χ3n) is 4.76. The Hall–Kier alpha value is -3.54. The summed E-state index contributed by atoms with van der Waals surface area (Å²) in [5.41, 5.74) is 5.32. The topological polar surface area (TPSA) is 126 Å². The zero-order chi connectivity index (χ0) is 19.2. The highest BCUT2D eigenvalue weighted by Crippen LogP contribution is 2.52. The number of nitrogens with two attached hydrogens (primary N) is 1. The smallest absolute Gasteiger partial charge is 0.283 e. The predicted octanol–water partition coefficient (Wildman–Crippen LogP) is 1.69. The molecule has 8 nitrogen and oxygen atoms in total. The Kier molecular flexibility index (Phi) is 3.77. The van der Waals surface area contributed by atoms with Gasteiger partial charge in [0.25, 0.3) is 11.9 Å². The zero-order valence-corrected chi connectivity index (χ0v) is 14.3. The van der Waals surface area contributed by atoms with Gasteiger partial charge in [0.1, 0.15) is 40.7 Å². The molecule has 1 saturated carbocycles. The number of rotatable bonds is 3. The molecule has 1 aliphatic carbocycles. The van der Waals surface area contributed by atoms with Crippen molar-refractivity contribution in [2.75, 3.05) is 5.32 Å². The number of fused-ring (bicyclic) bond motifs is 1. The molecule has 2 aromatic heterocycles. The maximum atomic E-state index is 14.5. The van der Waals surface area contributed by atoms with E-state index in [1.807, 2.05) is 6.07 Å². The fourth-order valence-electron chi connectivity index (χ4n) is 3.26. The molecule has 1 aliphatic heterocycles. The zero-order valence-electron chi connectivity index (χ0n) is 14.3. The van der Waals surface area contributed by atoms with Gasteiger partial charge in [-0.3, -0.25) is 4.79 Å². The Balaban J connectivity index is 1.62. The molecule has 0 saturated heterocycles. The van der Waals surface area contributed by atoms with Crippen molar-refractivity contribution in [1.82, 2.24) is 9.97 Å². The molecule has 2 aromatic rings. The molecule has 1 fully saturated rings. The second-order valence-corrected chi connectivity index (χ2v) is 6.62. The van der Waals surface area contributed by atoms with Crippen LogP contribution >= 0.6 is 0 Å². The summed E-state index contributed by atoms with van der Waals surface area (Å²) in [6.07, 6.45) is 1.93. The standard InChI is InChI=1S/C18H15FN6O2/c1-18(10-6-13(10)27-17(21)25-18)15-11(19)3-5-14(23-15)24-16(26)12-4-2-9(7-20)8-22-12/h2-5,8,10,13H,6H2,1H3,(H2,21,25)(H,23,24,26)/t10-,13?,18?/m1/s1. The summed E-state index contributed by atoms with van der Waals surface area (Å²) >= 11 is 0. The Labute approximate surface area is 153 Å². The van der Waals surface area contributed by atoms with E-state index in [4.69, 9.17) is 15.7 Å². The first-order chi connectivity index (χ1) is 12.9. The van der Waals surface area contributed by atoms with Crippen molar-refractivity contribution >= 4 is 17.7 Å². The number of nitrogens with zero attached hydrogens (tertiary/aromatic N) is 4. The van der Waals surface area contributed by atoms with Crippen molar-refractivity contribution in [3.63, 3.8) is 0 Å². The average Bonchev–Trinajstić information content (AvgIpc) is 3.43. The third kappa shape index (κ3) is 2.95. The molecule has 0 spiro atoms. The van der Waals surface area contributed by atoms with Gasteiger partial charge < -0.3 is 15.8 Å². The van der Waals surface area contributed by atoms with Crippen molar-refractivity contribution in [2.45, 2.75) is 25.0 Å². The largest absolute Gasteiger partial charge is 0.462 e. The highest BCUT2D eigenvalue weighted by atomic mass is 19.1. The molecule has 1 amide bonds. The second kappa shape index (κ2) is 6.02. The van der Waals surface area contributed by atoms with Crippen molar-refractivity contribution < 1.29 is 13.9 Å². The number of amides is 1. The van der Waals surface area contributed by atoms with Gasteiger partial charge in [-0.05, 0) is 37.6 Å². The first-order valence-corrected chi connectivity index (χ1v) is 8.27. The number of amidine groups is 1. The minimum Gasteiger partial charge on any atom is -0.462 e. The summed E-state index contributed by atoms with van der Waals surface area (Å²) < 4.78 is 19.9. The minimum absolute atomic E-state index is 0.00803. The van der Waals surface area contributed by atoms with Crippen LogP contribution in [-0.2, 0) is 10.3 Å².